The summed E-state index contributed by atoms with van der Waals surface area (Å²) in [5, 5.41) is 22.3. The molecule has 2 N–H and O–H groups in total. The van der Waals surface area contributed by atoms with E-state index in [-0.39, 0.29) is 11.4 Å². The summed E-state index contributed by atoms with van der Waals surface area (Å²) in [6.45, 7) is 1.69. The van der Waals surface area contributed by atoms with Crippen LogP contribution in [0.25, 0.3) is 0 Å². The normalized spacial score (nSPS) is 11.9. The van der Waals surface area contributed by atoms with Crippen LogP contribution in [0, 0.1) is 10.1 Å². The molecule has 0 spiro atoms. The van der Waals surface area contributed by atoms with Crippen molar-refractivity contribution in [1.29, 1.82) is 0 Å². The van der Waals surface area contributed by atoms with E-state index in [1.165, 1.54) is 18.2 Å². The highest BCUT2D eigenvalue weighted by Crippen LogP contribution is 2.28. The Morgan fingerprint density at radius 2 is 2.29 bits per heavy atom. The zero-order valence-corrected chi connectivity index (χ0v) is 10.6. The molecule has 1 aromatic rings. The van der Waals surface area contributed by atoms with Gasteiger partial charge in [-0.25, -0.2) is 4.79 Å². The molecule has 0 saturated heterocycles. The maximum atomic E-state index is 10.9. The predicted octanol–water partition coefficient (Wildman–Crippen LogP) is 2.63. The zero-order chi connectivity index (χ0) is 13.0. The number of anilines is 1. The number of carboxylic acid groups (broad SMARTS) is 1. The average Bonchev–Trinajstić information content (AvgIpc) is 2.25. The highest BCUT2D eigenvalue weighted by molar-refractivity contribution is 9.10. The van der Waals surface area contributed by atoms with Crippen molar-refractivity contribution < 1.29 is 14.8 Å². The Morgan fingerprint density at radius 3 is 2.76 bits per heavy atom. The van der Waals surface area contributed by atoms with Gasteiger partial charge in [0, 0.05) is 10.5 Å². The van der Waals surface area contributed by atoms with Crippen LogP contribution in [0.3, 0.4) is 0 Å². The van der Waals surface area contributed by atoms with Crippen molar-refractivity contribution in [1.82, 2.24) is 0 Å². The van der Waals surface area contributed by atoms with E-state index in [0.29, 0.717) is 10.9 Å². The summed E-state index contributed by atoms with van der Waals surface area (Å²) in [6, 6.07) is 3.50. The largest absolute Gasteiger partial charge is 0.480 e. The minimum absolute atomic E-state index is 0.145. The first-order valence-corrected chi connectivity index (χ1v) is 5.68. The fraction of sp³-hybridized carbons (Fsp3) is 0.300. The standard InChI is InChI=1S/C10H11BrN2O4/c1-2-7(10(14)15)12-8-5-6(11)3-4-9(8)13(16)17/h3-5,7,12H,2H2,1H3,(H,14,15). The number of halogens is 1. The average molecular weight is 303 g/mol. The lowest BCUT2D eigenvalue weighted by Crippen LogP contribution is -2.28. The molecule has 17 heavy (non-hydrogen) atoms. The Balaban J connectivity index is 3.07. The molecule has 0 fully saturated rings. The highest BCUT2D eigenvalue weighted by atomic mass is 79.9. The second kappa shape index (κ2) is 5.62. The van der Waals surface area contributed by atoms with E-state index < -0.39 is 16.9 Å². The van der Waals surface area contributed by atoms with Gasteiger partial charge >= 0.3 is 5.97 Å². The van der Waals surface area contributed by atoms with Crippen molar-refractivity contribution in [3.05, 3.63) is 32.8 Å². The number of hydrogen-bond acceptors (Lipinski definition) is 4. The molecular weight excluding hydrogens is 292 g/mol. The predicted molar refractivity (Wildman–Crippen MR) is 66.1 cm³/mol. The molecule has 7 heteroatoms. The third-order valence-corrected chi connectivity index (χ3v) is 2.68. The van der Waals surface area contributed by atoms with Crippen LogP contribution >= 0.6 is 15.9 Å². The summed E-state index contributed by atoms with van der Waals surface area (Å²) in [6.07, 6.45) is 0.332. The Kier molecular flexibility index (Phi) is 4.45. The van der Waals surface area contributed by atoms with Crippen LogP contribution in [0.5, 0.6) is 0 Å². The van der Waals surface area contributed by atoms with Gasteiger partial charge in [0.05, 0.1) is 4.92 Å². The van der Waals surface area contributed by atoms with Gasteiger partial charge in [-0.3, -0.25) is 10.1 Å². The van der Waals surface area contributed by atoms with Gasteiger partial charge in [0.2, 0.25) is 0 Å². The number of nitrogens with zero attached hydrogens (tertiary/aromatic N) is 1. The second-order valence-corrected chi connectivity index (χ2v) is 4.28. The highest BCUT2D eigenvalue weighted by Gasteiger charge is 2.20. The zero-order valence-electron chi connectivity index (χ0n) is 9.01. The molecule has 0 bridgehead atoms. The van der Waals surface area contributed by atoms with Crippen LogP contribution in [-0.2, 0) is 4.79 Å². The molecule has 0 aliphatic rings. The minimum Gasteiger partial charge on any atom is -0.480 e. The van der Waals surface area contributed by atoms with Crippen LogP contribution in [0.2, 0.25) is 0 Å². The van der Waals surface area contributed by atoms with E-state index >= 15 is 0 Å². The lowest BCUT2D eigenvalue weighted by atomic mass is 10.2. The molecule has 0 aromatic heterocycles. The number of carbonyl (C=O) groups is 1. The molecule has 1 rings (SSSR count). The van der Waals surface area contributed by atoms with Gasteiger partial charge < -0.3 is 10.4 Å². The number of nitrogens with one attached hydrogen (secondary N) is 1. The molecule has 0 heterocycles. The van der Waals surface area contributed by atoms with Crippen molar-refractivity contribution >= 4 is 33.3 Å². The van der Waals surface area contributed by atoms with Crippen LogP contribution in [0.15, 0.2) is 22.7 Å². The molecule has 0 radical (unpaired) electrons. The van der Waals surface area contributed by atoms with Gasteiger partial charge in [0.15, 0.2) is 0 Å². The van der Waals surface area contributed by atoms with Crippen LogP contribution in [0.1, 0.15) is 13.3 Å². The van der Waals surface area contributed by atoms with E-state index in [1.54, 1.807) is 6.92 Å². The molecule has 92 valence electrons. The van der Waals surface area contributed by atoms with Gasteiger partial charge in [0.1, 0.15) is 11.7 Å². The molecular formula is C10H11BrN2O4. The maximum absolute atomic E-state index is 10.9. The van der Waals surface area contributed by atoms with Crippen molar-refractivity contribution in [2.75, 3.05) is 5.32 Å². The number of rotatable bonds is 5. The van der Waals surface area contributed by atoms with E-state index in [4.69, 9.17) is 5.11 Å². The number of nitro groups is 1. The topological polar surface area (TPSA) is 92.5 Å². The number of benzene rings is 1. The Morgan fingerprint density at radius 1 is 1.65 bits per heavy atom. The third-order valence-electron chi connectivity index (χ3n) is 2.19. The van der Waals surface area contributed by atoms with Crippen molar-refractivity contribution in [3.63, 3.8) is 0 Å². The number of hydrogen-bond donors (Lipinski definition) is 2. The maximum Gasteiger partial charge on any atom is 0.326 e. The van der Waals surface area contributed by atoms with Gasteiger partial charge in [-0.15, -0.1) is 0 Å². The minimum atomic E-state index is -1.04. The van der Waals surface area contributed by atoms with E-state index in [9.17, 15) is 14.9 Å². The lowest BCUT2D eigenvalue weighted by molar-refractivity contribution is -0.384. The number of carboxylic acids is 1. The van der Waals surface area contributed by atoms with E-state index in [1.807, 2.05) is 0 Å². The Hall–Kier alpha value is -1.63. The van der Waals surface area contributed by atoms with E-state index in [2.05, 4.69) is 21.2 Å². The van der Waals surface area contributed by atoms with Crippen LogP contribution < -0.4 is 5.32 Å². The van der Waals surface area contributed by atoms with Gasteiger partial charge in [-0.1, -0.05) is 22.9 Å². The quantitative estimate of drug-likeness (QED) is 0.644. The first-order chi connectivity index (χ1) is 7.95. The SMILES string of the molecule is CCC(Nc1cc(Br)ccc1[N+](=O)[O-])C(=O)O. The van der Waals surface area contributed by atoms with Gasteiger partial charge in [0.25, 0.3) is 5.69 Å². The van der Waals surface area contributed by atoms with Crippen molar-refractivity contribution in [2.24, 2.45) is 0 Å². The first kappa shape index (κ1) is 13.4. The smallest absolute Gasteiger partial charge is 0.326 e. The molecule has 1 atom stereocenters. The van der Waals surface area contributed by atoms with Crippen molar-refractivity contribution in [2.45, 2.75) is 19.4 Å². The molecule has 0 amide bonds. The summed E-state index contributed by atoms with van der Waals surface area (Å²) < 4.78 is 0.644. The molecule has 6 nitrogen and oxygen atoms in total. The fourth-order valence-corrected chi connectivity index (χ4v) is 1.67. The van der Waals surface area contributed by atoms with Crippen LogP contribution in [-0.4, -0.2) is 22.0 Å². The summed E-state index contributed by atoms with van der Waals surface area (Å²) in [7, 11) is 0. The van der Waals surface area contributed by atoms with Gasteiger partial charge in [-0.2, -0.15) is 0 Å². The van der Waals surface area contributed by atoms with Crippen molar-refractivity contribution in [3.8, 4) is 0 Å². The summed E-state index contributed by atoms with van der Waals surface area (Å²) in [5.74, 6) is -1.04. The van der Waals surface area contributed by atoms with E-state index in [0.717, 1.165) is 0 Å². The second-order valence-electron chi connectivity index (χ2n) is 3.36. The molecule has 1 aromatic carbocycles. The summed E-state index contributed by atoms with van der Waals surface area (Å²) in [5.41, 5.74) is 0.0477. The first-order valence-electron chi connectivity index (χ1n) is 4.89. The molecule has 0 saturated carbocycles. The molecule has 0 aliphatic heterocycles. The fourth-order valence-electron chi connectivity index (χ4n) is 1.31. The molecule has 1 unspecified atom stereocenters. The summed E-state index contributed by atoms with van der Waals surface area (Å²) in [4.78, 5) is 21.1. The molecule has 0 aliphatic carbocycles. The Labute approximate surface area is 106 Å². The summed E-state index contributed by atoms with van der Waals surface area (Å²) >= 11 is 3.18. The third kappa shape index (κ3) is 3.42. The lowest BCUT2D eigenvalue weighted by Gasteiger charge is -2.13. The Bertz CT molecular complexity index is 450. The van der Waals surface area contributed by atoms with Gasteiger partial charge in [-0.05, 0) is 18.6 Å². The monoisotopic (exact) mass is 302 g/mol. The van der Waals surface area contributed by atoms with Crippen LogP contribution in [0.4, 0.5) is 11.4 Å². The number of aliphatic carboxylic acids is 1. The number of nitro benzene ring substituents is 1.